The first-order valence-electron chi connectivity index (χ1n) is 12.3. The van der Waals surface area contributed by atoms with Gasteiger partial charge in [-0.25, -0.2) is 4.79 Å². The molecule has 1 aliphatic carbocycles. The van der Waals surface area contributed by atoms with Crippen molar-refractivity contribution < 1.29 is 19.1 Å². The van der Waals surface area contributed by atoms with E-state index in [4.69, 9.17) is 9.47 Å². The molecule has 1 amide bonds. The van der Waals surface area contributed by atoms with Crippen LogP contribution in [0.4, 0.5) is 4.79 Å². The van der Waals surface area contributed by atoms with Gasteiger partial charge in [-0.3, -0.25) is 4.79 Å². The van der Waals surface area contributed by atoms with Crippen molar-refractivity contribution in [3.8, 4) is 17.2 Å². The summed E-state index contributed by atoms with van der Waals surface area (Å²) in [5.74, 6) is 0.0881. The smallest absolute Gasteiger partial charge is 0.435 e. The molecule has 0 aliphatic heterocycles. The number of unbranched alkanes of at least 4 members (excludes halogenated alkanes) is 1. The lowest BCUT2D eigenvalue weighted by atomic mass is 9.90. The van der Waals surface area contributed by atoms with Gasteiger partial charge < -0.3 is 14.4 Å². The number of amides is 1. The molecule has 2 atom stereocenters. The number of hydrogen-bond acceptors (Lipinski definition) is 5. The highest BCUT2D eigenvalue weighted by atomic mass is 16.7. The maximum Gasteiger partial charge on any atom is 0.508 e. The molecule has 0 saturated heterocycles. The van der Waals surface area contributed by atoms with Gasteiger partial charge in [0.2, 0.25) is 5.91 Å². The molecule has 3 rings (SSSR count). The van der Waals surface area contributed by atoms with Crippen LogP contribution in [0.3, 0.4) is 0 Å². The van der Waals surface area contributed by atoms with E-state index in [0.717, 1.165) is 55.2 Å². The Kier molecular flexibility index (Phi) is 9.51. The Hall–Kier alpha value is -3.33. The molecule has 0 unspecified atom stereocenters. The third-order valence-corrected chi connectivity index (χ3v) is 6.31. The van der Waals surface area contributed by atoms with Gasteiger partial charge in [-0.1, -0.05) is 62.2 Å². The van der Waals surface area contributed by atoms with Crippen LogP contribution in [0.1, 0.15) is 69.9 Å². The molecule has 2 aromatic rings. The van der Waals surface area contributed by atoms with Crippen molar-refractivity contribution in [3.63, 3.8) is 0 Å². The van der Waals surface area contributed by atoms with Crippen LogP contribution in [0.5, 0.6) is 0 Å². The fourth-order valence-electron chi connectivity index (χ4n) is 4.53. The minimum atomic E-state index is -0.666. The highest BCUT2D eigenvalue weighted by Gasteiger charge is 2.35. The van der Waals surface area contributed by atoms with E-state index in [1.54, 1.807) is 6.92 Å². The summed E-state index contributed by atoms with van der Waals surface area (Å²) < 4.78 is 10.6. The van der Waals surface area contributed by atoms with E-state index >= 15 is 0 Å². The number of carbonyl (C=O) groups is 2. The molecule has 0 N–H and O–H groups in total. The molecular weight excluding hydrogens is 428 g/mol. The number of nitrogens with zero attached hydrogens (tertiary/aromatic N) is 2. The Bertz CT molecular complexity index is 996. The van der Waals surface area contributed by atoms with Gasteiger partial charge in [-0.05, 0) is 55.4 Å². The van der Waals surface area contributed by atoms with Crippen LogP contribution >= 0.6 is 0 Å². The monoisotopic (exact) mass is 462 g/mol. The van der Waals surface area contributed by atoms with Crippen LogP contribution in [0.15, 0.2) is 48.5 Å². The van der Waals surface area contributed by atoms with Crippen LogP contribution in [0.25, 0.3) is 11.1 Å². The number of benzene rings is 2. The molecule has 0 spiro atoms. The molecule has 2 aromatic carbocycles. The van der Waals surface area contributed by atoms with E-state index < -0.39 is 6.16 Å². The lowest BCUT2D eigenvalue weighted by Crippen LogP contribution is -2.49. The normalized spacial score (nSPS) is 17.4. The molecule has 0 heterocycles. The zero-order valence-corrected chi connectivity index (χ0v) is 20.2. The average molecular weight is 463 g/mol. The zero-order chi connectivity index (χ0) is 24.3. The van der Waals surface area contributed by atoms with E-state index in [2.05, 4.69) is 13.0 Å². The highest BCUT2D eigenvalue weighted by Crippen LogP contribution is 2.29. The fraction of sp³-hybridized carbons (Fsp3) is 0.464. The number of ether oxygens (including phenoxy) is 2. The van der Waals surface area contributed by atoms with E-state index in [-0.39, 0.29) is 24.7 Å². The van der Waals surface area contributed by atoms with Gasteiger partial charge >= 0.3 is 6.16 Å². The summed E-state index contributed by atoms with van der Waals surface area (Å²) in [4.78, 5) is 27.2. The first kappa shape index (κ1) is 25.3. The molecule has 1 fully saturated rings. The summed E-state index contributed by atoms with van der Waals surface area (Å²) in [6.07, 6.45) is 4.71. The zero-order valence-electron chi connectivity index (χ0n) is 20.2. The Morgan fingerprint density at radius 2 is 1.79 bits per heavy atom. The second-order valence-corrected chi connectivity index (χ2v) is 8.67. The molecule has 0 radical (unpaired) electrons. The minimum absolute atomic E-state index is 0.0881. The summed E-state index contributed by atoms with van der Waals surface area (Å²) in [7, 11) is 0. The topological polar surface area (TPSA) is 79.6 Å². The fourth-order valence-corrected chi connectivity index (χ4v) is 4.53. The summed E-state index contributed by atoms with van der Waals surface area (Å²) in [5, 5.41) is 9.41. The largest absolute Gasteiger partial charge is 0.508 e. The average Bonchev–Trinajstić information content (AvgIpc) is 2.87. The molecule has 0 aromatic heterocycles. The summed E-state index contributed by atoms with van der Waals surface area (Å²) in [5.41, 5.74) is 3.49. The standard InChI is InChI=1S/C28H34N2O4/c1-3-5-14-27(31)30(25-12-8-9-13-26(25)34-28(32)33-4-2)20-21-15-17-22(18-16-21)24-11-7-6-10-23(24)19-29/h6-7,10-11,15-18,25-26H,3-5,8-9,12-14,20H2,1-2H3/t25-,26+/m0/s1. The Morgan fingerprint density at radius 3 is 2.50 bits per heavy atom. The van der Waals surface area contributed by atoms with E-state index in [0.29, 0.717) is 18.5 Å². The van der Waals surface area contributed by atoms with Crippen molar-refractivity contribution in [1.29, 1.82) is 5.26 Å². The maximum absolute atomic E-state index is 13.3. The summed E-state index contributed by atoms with van der Waals surface area (Å²) in [6.45, 7) is 4.54. The highest BCUT2D eigenvalue weighted by molar-refractivity contribution is 5.77. The van der Waals surface area contributed by atoms with Crippen molar-refractivity contribution in [3.05, 3.63) is 59.7 Å². The van der Waals surface area contributed by atoms with E-state index in [9.17, 15) is 14.9 Å². The molecule has 34 heavy (non-hydrogen) atoms. The van der Waals surface area contributed by atoms with Crippen molar-refractivity contribution in [2.45, 2.75) is 77.5 Å². The molecule has 180 valence electrons. The first-order valence-corrected chi connectivity index (χ1v) is 12.3. The van der Waals surface area contributed by atoms with Gasteiger partial charge in [0.1, 0.15) is 6.10 Å². The first-order chi connectivity index (χ1) is 16.6. The molecule has 6 nitrogen and oxygen atoms in total. The van der Waals surface area contributed by atoms with E-state index in [1.807, 2.05) is 53.4 Å². The second-order valence-electron chi connectivity index (χ2n) is 8.67. The van der Waals surface area contributed by atoms with Crippen LogP contribution in [-0.4, -0.2) is 35.7 Å². The van der Waals surface area contributed by atoms with Gasteiger partial charge in [0.25, 0.3) is 0 Å². The van der Waals surface area contributed by atoms with Crippen LogP contribution < -0.4 is 0 Å². The molecule has 1 saturated carbocycles. The second kappa shape index (κ2) is 12.8. The van der Waals surface area contributed by atoms with Gasteiger partial charge in [0.15, 0.2) is 0 Å². The van der Waals surface area contributed by atoms with Crippen LogP contribution in [-0.2, 0) is 20.8 Å². The lowest BCUT2D eigenvalue weighted by molar-refractivity contribution is -0.139. The third-order valence-electron chi connectivity index (χ3n) is 6.31. The lowest BCUT2D eigenvalue weighted by Gasteiger charge is -2.39. The number of carbonyl (C=O) groups excluding carboxylic acids is 2. The third kappa shape index (κ3) is 6.60. The Labute approximate surface area is 202 Å². The molecule has 1 aliphatic rings. The van der Waals surface area contributed by atoms with Crippen LogP contribution in [0, 0.1) is 11.3 Å². The molecular formula is C28H34N2O4. The van der Waals surface area contributed by atoms with Crippen molar-refractivity contribution in [1.82, 2.24) is 4.90 Å². The Balaban J connectivity index is 1.82. The van der Waals surface area contributed by atoms with Crippen molar-refractivity contribution in [2.75, 3.05) is 6.61 Å². The van der Waals surface area contributed by atoms with Gasteiger partial charge in [0, 0.05) is 13.0 Å². The Morgan fingerprint density at radius 1 is 1.06 bits per heavy atom. The van der Waals surface area contributed by atoms with Gasteiger partial charge in [-0.15, -0.1) is 0 Å². The van der Waals surface area contributed by atoms with Gasteiger partial charge in [-0.2, -0.15) is 5.26 Å². The number of nitriles is 1. The number of hydrogen-bond donors (Lipinski definition) is 0. The van der Waals surface area contributed by atoms with Gasteiger partial charge in [0.05, 0.1) is 24.3 Å². The maximum atomic E-state index is 13.3. The van der Waals surface area contributed by atoms with E-state index in [1.165, 1.54) is 0 Å². The molecule has 0 bridgehead atoms. The summed E-state index contributed by atoms with van der Waals surface area (Å²) >= 11 is 0. The SMILES string of the molecule is CCCCC(=O)N(Cc1ccc(-c2ccccc2C#N)cc1)[C@H]1CCCC[C@H]1OC(=O)OCC. The quantitative estimate of drug-likeness (QED) is 0.413. The summed E-state index contributed by atoms with van der Waals surface area (Å²) in [6, 6.07) is 17.6. The number of rotatable bonds is 9. The predicted octanol–water partition coefficient (Wildman–Crippen LogP) is 6.23. The molecule has 6 heteroatoms. The minimum Gasteiger partial charge on any atom is -0.435 e. The van der Waals surface area contributed by atoms with Crippen molar-refractivity contribution in [2.24, 2.45) is 0 Å². The predicted molar refractivity (Wildman–Crippen MR) is 131 cm³/mol. The van der Waals surface area contributed by atoms with Crippen LogP contribution in [0.2, 0.25) is 0 Å². The van der Waals surface area contributed by atoms with Crippen molar-refractivity contribution >= 4 is 12.1 Å².